The summed E-state index contributed by atoms with van der Waals surface area (Å²) in [5.74, 6) is -2.91. The van der Waals surface area contributed by atoms with Gasteiger partial charge in [-0.1, -0.05) is 18.6 Å². The predicted octanol–water partition coefficient (Wildman–Crippen LogP) is 6.49. The van der Waals surface area contributed by atoms with E-state index in [0.717, 1.165) is 25.3 Å². The number of fused-ring (bicyclic) bond motifs is 1. The summed E-state index contributed by atoms with van der Waals surface area (Å²) < 4.78 is 114. The number of pyridine rings is 1. The fraction of sp³-hybridized carbons (Fsp3) is 0.548. The van der Waals surface area contributed by atoms with E-state index in [1.807, 2.05) is 0 Å². The van der Waals surface area contributed by atoms with Crippen molar-refractivity contribution in [3.05, 3.63) is 52.3 Å². The highest BCUT2D eigenvalue weighted by atomic mass is 19.4. The number of benzene rings is 1. The zero-order valence-electron chi connectivity index (χ0n) is 25.3. The highest BCUT2D eigenvalue weighted by Gasteiger charge is 2.42. The average Bonchev–Trinajstić information content (AvgIpc) is 3.26. The molecule has 0 bridgehead atoms. The standard InChI is InChI=1S/C31H33F8N5O3/c1-44-25(12-18-11-16(5-10-22(18)31(37,38)39)14-40-27(45)17-3-2-4-17)42-23-13-21(29(43-26(23)44)47-15-24(32)33)28(46)41-20-8-6-19(7-9-20)30(34,35)36/h5,10-11,13,17,19-20,24H,2-4,6-9,12,14-15H2,1H3,(H,40,45)(H,41,46). The van der Waals surface area contributed by atoms with Crippen LogP contribution in [0.15, 0.2) is 24.3 Å². The van der Waals surface area contributed by atoms with Gasteiger partial charge < -0.3 is 19.9 Å². The third kappa shape index (κ3) is 8.12. The lowest BCUT2D eigenvalue weighted by molar-refractivity contribution is -0.182. The Morgan fingerprint density at radius 1 is 1.00 bits per heavy atom. The number of amides is 2. The SMILES string of the molecule is Cn1c(Cc2cc(CNC(=O)C3CCC3)ccc2C(F)(F)F)nc2cc(C(=O)NC3CCC(C(F)(F)F)CC3)c(OCC(F)F)nc21. The fourth-order valence-corrected chi connectivity index (χ4v) is 5.90. The van der Waals surface area contributed by atoms with Crippen LogP contribution in [0.3, 0.4) is 0 Å². The molecule has 0 atom stereocenters. The molecule has 256 valence electrons. The minimum Gasteiger partial charge on any atom is -0.471 e. The number of nitrogens with one attached hydrogen (secondary N) is 2. The van der Waals surface area contributed by atoms with Crippen LogP contribution >= 0.6 is 0 Å². The first-order chi connectivity index (χ1) is 22.1. The van der Waals surface area contributed by atoms with E-state index < -0.39 is 54.7 Å². The van der Waals surface area contributed by atoms with Gasteiger partial charge in [0.2, 0.25) is 11.8 Å². The Morgan fingerprint density at radius 2 is 1.70 bits per heavy atom. The van der Waals surface area contributed by atoms with Crippen LogP contribution in [0, 0.1) is 11.8 Å². The summed E-state index contributed by atoms with van der Waals surface area (Å²) in [7, 11) is 1.46. The molecule has 0 spiro atoms. The van der Waals surface area contributed by atoms with Gasteiger partial charge in [0.05, 0.1) is 11.5 Å². The number of carbonyl (C=O) groups excluding carboxylic acids is 2. The Kier molecular flexibility index (Phi) is 9.96. The van der Waals surface area contributed by atoms with E-state index in [9.17, 15) is 44.7 Å². The maximum absolute atomic E-state index is 14.0. The number of imidazole rings is 1. The molecule has 2 amide bonds. The van der Waals surface area contributed by atoms with E-state index in [-0.39, 0.29) is 78.6 Å². The third-order valence-corrected chi connectivity index (χ3v) is 8.78. The van der Waals surface area contributed by atoms with Crippen molar-refractivity contribution in [2.45, 2.75) is 82.7 Å². The Balaban J connectivity index is 1.41. The first-order valence-electron chi connectivity index (χ1n) is 15.2. The summed E-state index contributed by atoms with van der Waals surface area (Å²) >= 11 is 0. The van der Waals surface area contributed by atoms with Crippen molar-refractivity contribution < 1.29 is 49.4 Å². The molecule has 2 fully saturated rings. The van der Waals surface area contributed by atoms with Gasteiger partial charge in [0.1, 0.15) is 16.9 Å². The molecule has 0 aliphatic heterocycles. The number of nitrogens with zero attached hydrogens (tertiary/aromatic N) is 3. The van der Waals surface area contributed by atoms with Crippen molar-refractivity contribution in [3.63, 3.8) is 0 Å². The number of ether oxygens (including phenoxy) is 1. The molecule has 8 nitrogen and oxygen atoms in total. The summed E-state index contributed by atoms with van der Waals surface area (Å²) in [5, 5.41) is 5.38. The summed E-state index contributed by atoms with van der Waals surface area (Å²) in [5.41, 5.74) is -0.774. The smallest absolute Gasteiger partial charge is 0.416 e. The monoisotopic (exact) mass is 675 g/mol. The Labute approximate surface area is 264 Å². The van der Waals surface area contributed by atoms with Crippen molar-refractivity contribution in [2.75, 3.05) is 6.61 Å². The molecule has 5 rings (SSSR count). The number of hydrogen-bond acceptors (Lipinski definition) is 5. The molecule has 0 unspecified atom stereocenters. The number of alkyl halides is 8. The molecule has 2 aliphatic rings. The Bertz CT molecular complexity index is 1610. The maximum atomic E-state index is 14.0. The zero-order valence-corrected chi connectivity index (χ0v) is 25.3. The highest BCUT2D eigenvalue weighted by Crippen LogP contribution is 2.38. The van der Waals surface area contributed by atoms with Crippen molar-refractivity contribution >= 4 is 23.0 Å². The molecule has 47 heavy (non-hydrogen) atoms. The van der Waals surface area contributed by atoms with Crippen molar-refractivity contribution in [1.29, 1.82) is 0 Å². The normalized spacial score (nSPS) is 19.1. The molecule has 2 aliphatic carbocycles. The number of hydrogen-bond donors (Lipinski definition) is 2. The second-order valence-electron chi connectivity index (χ2n) is 12.0. The van der Waals surface area contributed by atoms with Gasteiger partial charge in [0.15, 0.2) is 12.3 Å². The van der Waals surface area contributed by atoms with Crippen LogP contribution in [0.2, 0.25) is 0 Å². The lowest BCUT2D eigenvalue weighted by Crippen LogP contribution is -2.40. The average molecular weight is 676 g/mol. The second-order valence-corrected chi connectivity index (χ2v) is 12.0. The number of carbonyl (C=O) groups is 2. The van der Waals surface area contributed by atoms with Crippen molar-refractivity contribution in [2.24, 2.45) is 18.9 Å². The lowest BCUT2D eigenvalue weighted by atomic mass is 9.85. The van der Waals surface area contributed by atoms with Gasteiger partial charge >= 0.3 is 12.4 Å². The largest absolute Gasteiger partial charge is 0.471 e. The van der Waals surface area contributed by atoms with Crippen LogP contribution in [0.5, 0.6) is 5.88 Å². The van der Waals surface area contributed by atoms with Crippen LogP contribution in [0.1, 0.15) is 77.8 Å². The molecule has 16 heteroatoms. The maximum Gasteiger partial charge on any atom is 0.416 e. The predicted molar refractivity (Wildman–Crippen MR) is 153 cm³/mol. The van der Waals surface area contributed by atoms with Gasteiger partial charge in [-0.3, -0.25) is 9.59 Å². The summed E-state index contributed by atoms with van der Waals surface area (Å²) in [6.45, 7) is -1.08. The van der Waals surface area contributed by atoms with Gasteiger partial charge in [-0.05, 0) is 61.8 Å². The third-order valence-electron chi connectivity index (χ3n) is 8.78. The second kappa shape index (κ2) is 13.6. The molecule has 2 heterocycles. The topological polar surface area (TPSA) is 98.1 Å². The lowest BCUT2D eigenvalue weighted by Gasteiger charge is -2.30. The Hall–Kier alpha value is -3.98. The van der Waals surface area contributed by atoms with Crippen molar-refractivity contribution in [3.8, 4) is 5.88 Å². The van der Waals surface area contributed by atoms with E-state index >= 15 is 0 Å². The van der Waals surface area contributed by atoms with E-state index in [4.69, 9.17) is 4.74 Å². The van der Waals surface area contributed by atoms with Crippen LogP contribution in [-0.2, 0) is 31.0 Å². The summed E-state index contributed by atoms with van der Waals surface area (Å²) in [6.07, 6.45) is -10.1. The first kappa shape index (κ1) is 34.4. The van der Waals surface area contributed by atoms with E-state index in [2.05, 4.69) is 20.6 Å². The van der Waals surface area contributed by atoms with Gasteiger partial charge in [-0.25, -0.2) is 13.8 Å². The Morgan fingerprint density at radius 3 is 2.30 bits per heavy atom. The van der Waals surface area contributed by atoms with Gasteiger partial charge in [0, 0.05) is 32.0 Å². The molecule has 1 aromatic carbocycles. The van der Waals surface area contributed by atoms with E-state index in [1.165, 1.54) is 29.8 Å². The minimum atomic E-state index is -4.70. The number of aromatic nitrogens is 3. The quantitative estimate of drug-likeness (QED) is 0.240. The van der Waals surface area contributed by atoms with Crippen LogP contribution < -0.4 is 15.4 Å². The molecule has 0 radical (unpaired) electrons. The fourth-order valence-electron chi connectivity index (χ4n) is 5.90. The van der Waals surface area contributed by atoms with Gasteiger partial charge in [-0.2, -0.15) is 31.3 Å². The minimum absolute atomic E-state index is 0.0335. The molecular formula is C31H33F8N5O3. The van der Waals surface area contributed by atoms with Gasteiger partial charge in [0.25, 0.3) is 12.3 Å². The number of aryl methyl sites for hydroxylation is 1. The molecule has 2 aromatic heterocycles. The summed E-state index contributed by atoms with van der Waals surface area (Å²) in [4.78, 5) is 34.1. The zero-order chi connectivity index (χ0) is 34.1. The van der Waals surface area contributed by atoms with Crippen molar-refractivity contribution in [1.82, 2.24) is 25.2 Å². The molecule has 2 N–H and O–H groups in total. The first-order valence-corrected chi connectivity index (χ1v) is 15.2. The molecule has 0 saturated heterocycles. The number of rotatable bonds is 10. The molecule has 2 saturated carbocycles. The van der Waals surface area contributed by atoms with Crippen LogP contribution in [-0.4, -0.2) is 51.6 Å². The van der Waals surface area contributed by atoms with E-state index in [1.54, 1.807) is 0 Å². The molecule has 3 aromatic rings. The number of halogens is 8. The van der Waals surface area contributed by atoms with Gasteiger partial charge in [-0.15, -0.1) is 0 Å². The molecular weight excluding hydrogens is 642 g/mol. The van der Waals surface area contributed by atoms with Crippen LogP contribution in [0.25, 0.3) is 11.2 Å². The highest BCUT2D eigenvalue weighted by molar-refractivity contribution is 5.99. The van der Waals surface area contributed by atoms with Crippen LogP contribution in [0.4, 0.5) is 35.1 Å². The van der Waals surface area contributed by atoms with E-state index in [0.29, 0.717) is 5.56 Å². The summed E-state index contributed by atoms with van der Waals surface area (Å²) in [6, 6.07) is 4.16.